The van der Waals surface area contributed by atoms with Gasteiger partial charge in [-0.3, -0.25) is 0 Å². The van der Waals surface area contributed by atoms with Crippen LogP contribution in [0.15, 0.2) is 95.5 Å². The first-order valence-electron chi connectivity index (χ1n) is 14.2. The molecule has 3 aliphatic rings. The molecule has 0 radical (unpaired) electrons. The van der Waals surface area contributed by atoms with Crippen LogP contribution >= 0.6 is 0 Å². The molecule has 0 spiro atoms. The number of rotatable bonds is 2. The number of hydrogen-bond acceptors (Lipinski definition) is 2. The van der Waals surface area contributed by atoms with E-state index in [4.69, 9.17) is 4.42 Å². The van der Waals surface area contributed by atoms with Crippen molar-refractivity contribution < 1.29 is 4.42 Å². The summed E-state index contributed by atoms with van der Waals surface area (Å²) in [5.74, 6) is 0. The van der Waals surface area contributed by atoms with Gasteiger partial charge in [-0.1, -0.05) is 60.7 Å². The average Bonchev–Trinajstić information content (AvgIpc) is 3.75. The van der Waals surface area contributed by atoms with Crippen LogP contribution in [0.4, 0.5) is 0 Å². The van der Waals surface area contributed by atoms with Gasteiger partial charge >= 0.3 is 0 Å². The fourth-order valence-corrected chi connectivity index (χ4v) is 8.43. The van der Waals surface area contributed by atoms with Crippen LogP contribution in [-0.4, -0.2) is 4.98 Å². The monoisotopic (exact) mass is 507 g/mol. The first kappa shape index (κ1) is 20.0. The molecular formula is C38H21NO. The van der Waals surface area contributed by atoms with Gasteiger partial charge in [0.1, 0.15) is 5.58 Å². The van der Waals surface area contributed by atoms with E-state index in [9.17, 15) is 0 Å². The van der Waals surface area contributed by atoms with E-state index in [0.717, 1.165) is 35.6 Å². The van der Waals surface area contributed by atoms with Crippen LogP contribution in [0.2, 0.25) is 0 Å². The van der Waals surface area contributed by atoms with Crippen molar-refractivity contribution in [3.05, 3.63) is 125 Å². The Labute approximate surface area is 229 Å². The SMILES string of the molecule is c1ccc(-c2cc3c4c5c(cc(-c6cccc7c6oc6ncccc67)c6c5c5c(ccc7c5c4c2C7)C6)C3)cc1. The van der Waals surface area contributed by atoms with Crippen molar-refractivity contribution >= 4 is 54.4 Å². The molecule has 3 aliphatic carbocycles. The van der Waals surface area contributed by atoms with Crippen LogP contribution < -0.4 is 0 Å². The molecule has 0 atom stereocenters. The number of nitrogens with zero attached hydrogens (tertiary/aromatic N) is 1. The number of para-hydroxylation sites is 1. The highest BCUT2D eigenvalue weighted by Gasteiger charge is 2.34. The van der Waals surface area contributed by atoms with Gasteiger partial charge in [-0.2, -0.15) is 0 Å². The molecule has 40 heavy (non-hydrogen) atoms. The fraction of sp³-hybridized carbons (Fsp3) is 0.0789. The highest BCUT2D eigenvalue weighted by Crippen LogP contribution is 2.56. The quantitative estimate of drug-likeness (QED) is 0.218. The van der Waals surface area contributed by atoms with Gasteiger partial charge < -0.3 is 4.42 Å². The molecule has 2 heterocycles. The van der Waals surface area contributed by atoms with Gasteiger partial charge in [0, 0.05) is 22.5 Å². The third-order valence-corrected chi connectivity index (χ3v) is 9.93. The zero-order valence-corrected chi connectivity index (χ0v) is 21.6. The van der Waals surface area contributed by atoms with E-state index in [0.29, 0.717) is 5.71 Å². The lowest BCUT2D eigenvalue weighted by molar-refractivity contribution is 0.655. The summed E-state index contributed by atoms with van der Waals surface area (Å²) in [6, 6.07) is 31.5. The van der Waals surface area contributed by atoms with E-state index >= 15 is 0 Å². The zero-order valence-electron chi connectivity index (χ0n) is 21.6. The summed E-state index contributed by atoms with van der Waals surface area (Å²) in [7, 11) is 0. The Balaban J connectivity index is 1.30. The normalized spacial score (nSPS) is 14.2. The molecule has 0 bridgehead atoms. The summed E-state index contributed by atoms with van der Waals surface area (Å²) in [6.07, 6.45) is 4.79. The van der Waals surface area contributed by atoms with Crippen molar-refractivity contribution in [1.82, 2.24) is 4.98 Å². The Morgan fingerprint density at radius 1 is 0.500 bits per heavy atom. The maximum Gasteiger partial charge on any atom is 0.227 e. The minimum atomic E-state index is 0.711. The second kappa shape index (κ2) is 6.60. The van der Waals surface area contributed by atoms with Crippen molar-refractivity contribution in [2.45, 2.75) is 19.3 Å². The summed E-state index contributed by atoms with van der Waals surface area (Å²) >= 11 is 0. The fourth-order valence-electron chi connectivity index (χ4n) is 8.43. The molecular weight excluding hydrogens is 486 g/mol. The average molecular weight is 508 g/mol. The van der Waals surface area contributed by atoms with Gasteiger partial charge in [-0.25, -0.2) is 4.98 Å². The van der Waals surface area contributed by atoms with Gasteiger partial charge in [0.15, 0.2) is 0 Å². The molecule has 8 aromatic rings. The minimum absolute atomic E-state index is 0.711. The summed E-state index contributed by atoms with van der Waals surface area (Å²) < 4.78 is 6.45. The van der Waals surface area contributed by atoms with Crippen molar-refractivity contribution in [3.63, 3.8) is 0 Å². The summed E-state index contributed by atoms with van der Waals surface area (Å²) in [6.45, 7) is 0. The number of fused-ring (bicyclic) bond motifs is 3. The molecule has 0 aliphatic heterocycles. The van der Waals surface area contributed by atoms with Crippen molar-refractivity contribution in [3.8, 4) is 22.3 Å². The van der Waals surface area contributed by atoms with Crippen LogP contribution in [0.5, 0.6) is 0 Å². The molecule has 0 N–H and O–H groups in total. The largest absolute Gasteiger partial charge is 0.437 e. The van der Waals surface area contributed by atoms with E-state index in [1.54, 1.807) is 0 Å². The van der Waals surface area contributed by atoms with Crippen LogP contribution in [0, 0.1) is 0 Å². The Kier molecular flexibility index (Phi) is 3.31. The first-order valence-corrected chi connectivity index (χ1v) is 14.2. The molecule has 2 nitrogen and oxygen atoms in total. The van der Waals surface area contributed by atoms with Crippen molar-refractivity contribution in [2.75, 3.05) is 0 Å². The van der Waals surface area contributed by atoms with Crippen molar-refractivity contribution in [2.24, 2.45) is 0 Å². The topological polar surface area (TPSA) is 26.0 Å². The Bertz CT molecular complexity index is 2480. The van der Waals surface area contributed by atoms with E-state index in [-0.39, 0.29) is 0 Å². The van der Waals surface area contributed by atoms with Gasteiger partial charge in [0.2, 0.25) is 5.71 Å². The second-order valence-electron chi connectivity index (χ2n) is 11.8. The van der Waals surface area contributed by atoms with Crippen LogP contribution in [0.1, 0.15) is 33.4 Å². The highest BCUT2D eigenvalue weighted by atomic mass is 16.3. The maximum absolute atomic E-state index is 6.45. The lowest BCUT2D eigenvalue weighted by atomic mass is 9.89. The predicted octanol–water partition coefficient (Wildman–Crippen LogP) is 9.49. The molecule has 0 saturated carbocycles. The predicted molar refractivity (Wildman–Crippen MR) is 163 cm³/mol. The lowest BCUT2D eigenvalue weighted by Crippen LogP contribution is -1.92. The molecule has 0 saturated heterocycles. The Hall–Kier alpha value is -4.95. The van der Waals surface area contributed by atoms with Gasteiger partial charge in [-0.15, -0.1) is 0 Å². The lowest BCUT2D eigenvalue weighted by Gasteiger charge is -2.14. The zero-order chi connectivity index (χ0) is 25.7. The minimum Gasteiger partial charge on any atom is -0.437 e. The van der Waals surface area contributed by atoms with E-state index in [1.807, 2.05) is 12.3 Å². The van der Waals surface area contributed by atoms with Gasteiger partial charge in [0.25, 0.3) is 0 Å². The summed E-state index contributed by atoms with van der Waals surface area (Å²) in [5.41, 5.74) is 15.8. The Morgan fingerprint density at radius 2 is 1.18 bits per heavy atom. The number of pyridine rings is 1. The number of furan rings is 1. The smallest absolute Gasteiger partial charge is 0.227 e. The summed E-state index contributed by atoms with van der Waals surface area (Å²) in [4.78, 5) is 4.53. The second-order valence-corrected chi connectivity index (χ2v) is 11.8. The first-order chi connectivity index (χ1) is 19.8. The third-order valence-electron chi connectivity index (χ3n) is 9.93. The van der Waals surface area contributed by atoms with Gasteiger partial charge in [0.05, 0.1) is 0 Å². The Morgan fingerprint density at radius 3 is 1.95 bits per heavy atom. The van der Waals surface area contributed by atoms with Crippen LogP contribution in [0.3, 0.4) is 0 Å². The standard InChI is InChI=1S/C38H21NO/c1-2-6-19(7-3-1)27-17-22-14-23-18-28(25-9-4-8-24-26-10-5-13-39-38(26)40-37(24)25)30-16-21-12-11-20-15-29(27)35-31(20)32(21)36(30)34(23)33(22)35/h1-13,17-18H,14-16H2. The van der Waals surface area contributed by atoms with E-state index in [2.05, 4.69) is 83.8 Å². The third kappa shape index (κ3) is 2.17. The molecule has 2 aromatic heterocycles. The van der Waals surface area contributed by atoms with E-state index < -0.39 is 0 Å². The number of hydrogen-bond donors (Lipinski definition) is 0. The van der Waals surface area contributed by atoms with Gasteiger partial charge in [-0.05, 0) is 126 Å². The summed E-state index contributed by atoms with van der Waals surface area (Å²) in [5, 5.41) is 11.3. The van der Waals surface area contributed by atoms with Crippen LogP contribution in [-0.2, 0) is 19.3 Å². The van der Waals surface area contributed by atoms with Crippen molar-refractivity contribution in [1.29, 1.82) is 0 Å². The highest BCUT2D eigenvalue weighted by molar-refractivity contribution is 6.34. The van der Waals surface area contributed by atoms with Crippen LogP contribution in [0.25, 0.3) is 76.6 Å². The molecule has 11 rings (SSSR count). The maximum atomic E-state index is 6.45. The molecule has 6 aromatic carbocycles. The number of benzene rings is 6. The molecule has 0 fully saturated rings. The molecule has 184 valence electrons. The number of aromatic nitrogens is 1. The molecule has 0 amide bonds. The molecule has 2 heteroatoms. The van der Waals surface area contributed by atoms with E-state index in [1.165, 1.54) is 88.0 Å². The molecule has 0 unspecified atom stereocenters.